The van der Waals surface area contributed by atoms with E-state index in [4.69, 9.17) is 20.9 Å². The normalized spacial score (nSPS) is 26.3. The second-order valence-corrected chi connectivity index (χ2v) is 10.4. The van der Waals surface area contributed by atoms with Gasteiger partial charge in [0.15, 0.2) is 0 Å². The van der Waals surface area contributed by atoms with Gasteiger partial charge in [-0.2, -0.15) is 0 Å². The highest BCUT2D eigenvalue weighted by Gasteiger charge is 2.37. The molecule has 4 N–H and O–H groups in total. The van der Waals surface area contributed by atoms with Crippen LogP contribution in [0.3, 0.4) is 0 Å². The maximum atomic E-state index is 11.8. The van der Waals surface area contributed by atoms with Crippen molar-refractivity contribution in [3.8, 4) is 16.9 Å². The highest BCUT2D eigenvalue weighted by Crippen LogP contribution is 2.44. The molecule has 1 amide bonds. The SMILES string of the molecule is NC(=O)C1CCCN1CC1CC(n2cc(-c3cccc(OC[C@H]4CCCO4)c3)c3c(N)ncnc32)C1. The molecule has 0 spiro atoms. The lowest BCUT2D eigenvalue weighted by molar-refractivity contribution is -0.122. The molecule has 3 fully saturated rings. The van der Waals surface area contributed by atoms with Crippen LogP contribution in [0.15, 0.2) is 36.8 Å². The van der Waals surface area contributed by atoms with E-state index in [1.807, 2.05) is 12.1 Å². The number of carbonyl (C=O) groups is 1. The molecule has 1 aliphatic carbocycles. The molecule has 190 valence electrons. The summed E-state index contributed by atoms with van der Waals surface area (Å²) in [5.74, 6) is 1.65. The highest BCUT2D eigenvalue weighted by molar-refractivity contribution is 6.00. The number of nitrogen functional groups attached to an aromatic ring is 1. The molecule has 9 heteroatoms. The predicted octanol–water partition coefficient (Wildman–Crippen LogP) is 3.14. The van der Waals surface area contributed by atoms with Crippen LogP contribution in [-0.4, -0.2) is 63.8 Å². The van der Waals surface area contributed by atoms with Crippen LogP contribution in [0.25, 0.3) is 22.2 Å². The van der Waals surface area contributed by atoms with Crippen molar-refractivity contribution >= 4 is 22.8 Å². The molecular formula is C27H34N6O3. The molecule has 6 rings (SSSR count). The van der Waals surface area contributed by atoms with Crippen LogP contribution >= 0.6 is 0 Å². The van der Waals surface area contributed by atoms with Crippen LogP contribution in [0.2, 0.25) is 0 Å². The number of nitrogens with zero attached hydrogens (tertiary/aromatic N) is 4. The zero-order chi connectivity index (χ0) is 24.6. The molecule has 3 aliphatic rings. The number of hydrogen-bond donors (Lipinski definition) is 2. The third-order valence-corrected chi connectivity index (χ3v) is 8.03. The van der Waals surface area contributed by atoms with Crippen LogP contribution in [0.1, 0.15) is 44.6 Å². The van der Waals surface area contributed by atoms with Gasteiger partial charge in [0.2, 0.25) is 5.91 Å². The van der Waals surface area contributed by atoms with E-state index < -0.39 is 0 Å². The lowest BCUT2D eigenvalue weighted by Gasteiger charge is -2.39. The van der Waals surface area contributed by atoms with Crippen LogP contribution < -0.4 is 16.2 Å². The Morgan fingerprint density at radius 3 is 2.89 bits per heavy atom. The molecule has 2 aromatic heterocycles. The summed E-state index contributed by atoms with van der Waals surface area (Å²) in [6.45, 7) is 3.27. The Balaban J connectivity index is 1.21. The number of likely N-dealkylation sites (tertiary alicyclic amines) is 1. The van der Waals surface area contributed by atoms with Crippen molar-refractivity contribution in [2.75, 3.05) is 32.0 Å². The summed E-state index contributed by atoms with van der Waals surface area (Å²) in [6, 6.07) is 8.35. The van der Waals surface area contributed by atoms with Gasteiger partial charge >= 0.3 is 0 Å². The monoisotopic (exact) mass is 490 g/mol. The molecule has 2 saturated heterocycles. The summed E-state index contributed by atoms with van der Waals surface area (Å²) >= 11 is 0. The van der Waals surface area contributed by atoms with Gasteiger partial charge in [-0.05, 0) is 68.7 Å². The van der Waals surface area contributed by atoms with E-state index in [1.165, 1.54) is 6.33 Å². The average molecular weight is 491 g/mol. The first kappa shape index (κ1) is 23.2. The summed E-state index contributed by atoms with van der Waals surface area (Å²) in [4.78, 5) is 22.9. The highest BCUT2D eigenvalue weighted by atomic mass is 16.5. The van der Waals surface area contributed by atoms with Crippen molar-refractivity contribution in [3.63, 3.8) is 0 Å². The zero-order valence-electron chi connectivity index (χ0n) is 20.5. The Hall–Kier alpha value is -3.17. The number of anilines is 1. The second kappa shape index (κ2) is 9.71. The number of benzene rings is 1. The van der Waals surface area contributed by atoms with Gasteiger partial charge in [0, 0.05) is 31.0 Å². The Morgan fingerprint density at radius 1 is 1.19 bits per heavy atom. The maximum absolute atomic E-state index is 11.8. The van der Waals surface area contributed by atoms with Gasteiger partial charge in [-0.15, -0.1) is 0 Å². The van der Waals surface area contributed by atoms with Crippen molar-refractivity contribution in [3.05, 3.63) is 36.8 Å². The van der Waals surface area contributed by atoms with Crippen molar-refractivity contribution in [1.82, 2.24) is 19.4 Å². The first-order valence-corrected chi connectivity index (χ1v) is 13.1. The fourth-order valence-corrected chi connectivity index (χ4v) is 6.10. The number of fused-ring (bicyclic) bond motifs is 1. The molecule has 0 radical (unpaired) electrons. The number of ether oxygens (including phenoxy) is 2. The van der Waals surface area contributed by atoms with E-state index in [9.17, 15) is 4.79 Å². The first-order valence-electron chi connectivity index (χ1n) is 13.1. The lowest BCUT2D eigenvalue weighted by Crippen LogP contribution is -2.44. The second-order valence-electron chi connectivity index (χ2n) is 10.4. The Labute approximate surface area is 210 Å². The Kier molecular flexibility index (Phi) is 6.27. The summed E-state index contributed by atoms with van der Waals surface area (Å²) in [7, 11) is 0. The molecule has 1 saturated carbocycles. The number of primary amides is 1. The predicted molar refractivity (Wildman–Crippen MR) is 137 cm³/mol. The number of rotatable bonds is 8. The van der Waals surface area contributed by atoms with Gasteiger partial charge < -0.3 is 25.5 Å². The van der Waals surface area contributed by atoms with E-state index in [0.29, 0.717) is 24.4 Å². The molecule has 2 atom stereocenters. The number of amides is 1. The van der Waals surface area contributed by atoms with Crippen molar-refractivity contribution in [1.29, 1.82) is 0 Å². The maximum Gasteiger partial charge on any atom is 0.234 e. The quantitative estimate of drug-likeness (QED) is 0.497. The van der Waals surface area contributed by atoms with Crippen LogP contribution in [-0.2, 0) is 9.53 Å². The molecule has 1 aromatic carbocycles. The zero-order valence-corrected chi connectivity index (χ0v) is 20.5. The van der Waals surface area contributed by atoms with Crippen molar-refractivity contribution < 1.29 is 14.3 Å². The topological polar surface area (TPSA) is 122 Å². The molecular weight excluding hydrogens is 456 g/mol. The summed E-state index contributed by atoms with van der Waals surface area (Å²) < 4.78 is 14.0. The summed E-state index contributed by atoms with van der Waals surface area (Å²) in [6.07, 6.45) is 10.0. The summed E-state index contributed by atoms with van der Waals surface area (Å²) in [5.41, 5.74) is 14.9. The third kappa shape index (κ3) is 4.41. The van der Waals surface area contributed by atoms with Crippen molar-refractivity contribution in [2.45, 2.75) is 56.7 Å². The van der Waals surface area contributed by atoms with Crippen LogP contribution in [0, 0.1) is 5.92 Å². The molecule has 2 aliphatic heterocycles. The number of nitrogens with two attached hydrogens (primary N) is 2. The van der Waals surface area contributed by atoms with Gasteiger partial charge in [-0.3, -0.25) is 9.69 Å². The Morgan fingerprint density at radius 2 is 2.08 bits per heavy atom. The summed E-state index contributed by atoms with van der Waals surface area (Å²) in [5, 5.41) is 0.880. The average Bonchev–Trinajstić information content (AvgIpc) is 3.60. The van der Waals surface area contributed by atoms with Crippen molar-refractivity contribution in [2.24, 2.45) is 11.7 Å². The van der Waals surface area contributed by atoms with E-state index in [-0.39, 0.29) is 18.1 Å². The smallest absolute Gasteiger partial charge is 0.234 e. The molecule has 1 unspecified atom stereocenters. The minimum absolute atomic E-state index is 0.106. The molecule has 9 nitrogen and oxygen atoms in total. The lowest BCUT2D eigenvalue weighted by atomic mass is 9.79. The molecule has 3 aromatic rings. The molecule has 4 heterocycles. The van der Waals surface area contributed by atoms with E-state index in [0.717, 1.165) is 86.1 Å². The third-order valence-electron chi connectivity index (χ3n) is 8.03. The minimum atomic E-state index is -0.196. The number of hydrogen-bond acceptors (Lipinski definition) is 7. The van der Waals surface area contributed by atoms with Gasteiger partial charge in [-0.1, -0.05) is 12.1 Å². The van der Waals surface area contributed by atoms with Gasteiger partial charge in [0.25, 0.3) is 0 Å². The fraction of sp³-hybridized carbons (Fsp3) is 0.519. The first-order chi connectivity index (χ1) is 17.6. The van der Waals surface area contributed by atoms with E-state index in [1.54, 1.807) is 0 Å². The van der Waals surface area contributed by atoms with Crippen LogP contribution in [0.5, 0.6) is 5.75 Å². The van der Waals surface area contributed by atoms with Crippen LogP contribution in [0.4, 0.5) is 5.82 Å². The molecule has 0 bridgehead atoms. The number of carbonyl (C=O) groups excluding carboxylic acids is 1. The standard InChI is InChI=1S/C27H34N6O3/c28-25-24-22(18-4-1-5-20(12-18)36-15-21-6-3-9-35-21)14-33(27(24)31-16-30-25)19-10-17(11-19)13-32-8-2-7-23(32)26(29)34/h1,4-5,12,14,16-17,19,21,23H,2-3,6-11,13,15H2,(H2,29,34)(H2,28,30,31)/t17?,19?,21-,23?/m1/s1. The Bertz CT molecular complexity index is 1250. The van der Waals surface area contributed by atoms with Gasteiger partial charge in [0.05, 0.1) is 17.5 Å². The number of aromatic nitrogens is 3. The van der Waals surface area contributed by atoms with E-state index in [2.05, 4.69) is 37.8 Å². The van der Waals surface area contributed by atoms with E-state index >= 15 is 0 Å². The molecule has 36 heavy (non-hydrogen) atoms. The minimum Gasteiger partial charge on any atom is -0.491 e. The fourth-order valence-electron chi connectivity index (χ4n) is 6.10. The van der Waals surface area contributed by atoms with Gasteiger partial charge in [-0.25, -0.2) is 9.97 Å². The van der Waals surface area contributed by atoms with Gasteiger partial charge in [0.1, 0.15) is 30.1 Å². The largest absolute Gasteiger partial charge is 0.491 e.